The molecule has 1 aliphatic carbocycles. The van der Waals surface area contributed by atoms with E-state index in [9.17, 15) is 4.79 Å². The van der Waals surface area contributed by atoms with E-state index in [1.807, 2.05) is 12.1 Å². The summed E-state index contributed by atoms with van der Waals surface area (Å²) in [7, 11) is 1.67. The average Bonchev–Trinajstić information content (AvgIpc) is 3.52. The number of rotatable bonds is 6. The van der Waals surface area contributed by atoms with E-state index in [1.54, 1.807) is 7.11 Å². The van der Waals surface area contributed by atoms with Crippen molar-refractivity contribution in [1.29, 1.82) is 0 Å². The van der Waals surface area contributed by atoms with Crippen LogP contribution in [0.3, 0.4) is 0 Å². The number of hydrogen-bond donors (Lipinski definition) is 1. The van der Waals surface area contributed by atoms with Crippen LogP contribution in [0.1, 0.15) is 37.3 Å². The van der Waals surface area contributed by atoms with Gasteiger partial charge in [-0.2, -0.15) is 0 Å². The molecule has 1 aromatic rings. The first-order chi connectivity index (χ1) is 13.2. The van der Waals surface area contributed by atoms with Gasteiger partial charge in [0.2, 0.25) is 5.91 Å². The van der Waals surface area contributed by atoms with Gasteiger partial charge in [0.05, 0.1) is 31.9 Å². The minimum absolute atomic E-state index is 0.0986. The number of carbonyl (C=O) groups excluding carboxylic acids is 1. The van der Waals surface area contributed by atoms with Gasteiger partial charge in [-0.1, -0.05) is 12.1 Å². The van der Waals surface area contributed by atoms with E-state index in [-0.39, 0.29) is 17.6 Å². The lowest BCUT2D eigenvalue weighted by Gasteiger charge is -2.44. The highest BCUT2D eigenvalue weighted by Gasteiger charge is 2.39. The Balaban J connectivity index is 1.35. The van der Waals surface area contributed by atoms with Gasteiger partial charge in [-0.05, 0) is 36.5 Å². The van der Waals surface area contributed by atoms with Crippen molar-refractivity contribution in [3.63, 3.8) is 0 Å². The number of nitrogens with zero attached hydrogens (tertiary/aromatic N) is 1. The zero-order valence-electron chi connectivity index (χ0n) is 16.1. The van der Waals surface area contributed by atoms with Crippen molar-refractivity contribution in [1.82, 2.24) is 10.2 Å². The van der Waals surface area contributed by atoms with Crippen molar-refractivity contribution in [3.8, 4) is 5.75 Å². The molecule has 3 aliphatic rings. The third-order valence-corrected chi connectivity index (χ3v) is 5.98. The number of hydrogen-bond acceptors (Lipinski definition) is 5. The molecule has 1 spiro atoms. The molecule has 1 atom stereocenters. The maximum absolute atomic E-state index is 12.8. The smallest absolute Gasteiger partial charge is 0.234 e. The van der Waals surface area contributed by atoms with E-state index in [1.165, 1.54) is 12.8 Å². The van der Waals surface area contributed by atoms with Gasteiger partial charge in [-0.25, -0.2) is 0 Å². The summed E-state index contributed by atoms with van der Waals surface area (Å²) in [6.45, 7) is 4.26. The van der Waals surface area contributed by atoms with E-state index in [0.717, 1.165) is 50.5 Å². The largest absolute Gasteiger partial charge is 0.497 e. The standard InChI is InChI=1S/C21H30N2O4/c1-25-18-6-4-17(5-7-18)20(16-2-3-16)22-19(24)14-23-10-13-27-21(15-23)8-11-26-12-9-21/h4-7,16,20H,2-3,8-15H2,1H3,(H,22,24). The third-order valence-electron chi connectivity index (χ3n) is 5.98. The molecular formula is C21H30N2O4. The van der Waals surface area contributed by atoms with Crippen molar-refractivity contribution in [2.45, 2.75) is 37.3 Å². The van der Waals surface area contributed by atoms with Crippen LogP contribution in [0, 0.1) is 5.92 Å². The Labute approximate surface area is 161 Å². The highest BCUT2D eigenvalue weighted by molar-refractivity contribution is 5.78. The fourth-order valence-electron chi connectivity index (χ4n) is 4.24. The van der Waals surface area contributed by atoms with Crippen molar-refractivity contribution >= 4 is 5.91 Å². The van der Waals surface area contributed by atoms with Gasteiger partial charge in [0.25, 0.3) is 0 Å². The number of amides is 1. The first kappa shape index (κ1) is 18.7. The van der Waals surface area contributed by atoms with E-state index in [0.29, 0.717) is 19.1 Å². The first-order valence-electron chi connectivity index (χ1n) is 10.0. The molecule has 1 unspecified atom stereocenters. The highest BCUT2D eigenvalue weighted by atomic mass is 16.5. The summed E-state index contributed by atoms with van der Waals surface area (Å²) in [5, 5.41) is 3.28. The highest BCUT2D eigenvalue weighted by Crippen LogP contribution is 2.41. The zero-order chi connectivity index (χ0) is 18.7. The average molecular weight is 374 g/mol. The van der Waals surface area contributed by atoms with Crippen LogP contribution >= 0.6 is 0 Å². The van der Waals surface area contributed by atoms with E-state index >= 15 is 0 Å². The van der Waals surface area contributed by atoms with Crippen LogP contribution in [0.15, 0.2) is 24.3 Å². The molecule has 27 heavy (non-hydrogen) atoms. The predicted molar refractivity (Wildman–Crippen MR) is 102 cm³/mol. The van der Waals surface area contributed by atoms with Gasteiger partial charge in [0.1, 0.15) is 5.75 Å². The number of nitrogens with one attached hydrogen (secondary N) is 1. The van der Waals surface area contributed by atoms with Gasteiger partial charge in [-0.3, -0.25) is 9.69 Å². The lowest BCUT2D eigenvalue weighted by Crippen LogP contribution is -2.56. The lowest BCUT2D eigenvalue weighted by molar-refractivity contribution is -0.156. The molecule has 1 amide bonds. The molecule has 6 heteroatoms. The van der Waals surface area contributed by atoms with Crippen LogP contribution < -0.4 is 10.1 Å². The zero-order valence-corrected chi connectivity index (χ0v) is 16.1. The van der Waals surface area contributed by atoms with E-state index in [4.69, 9.17) is 14.2 Å². The van der Waals surface area contributed by atoms with Gasteiger partial charge >= 0.3 is 0 Å². The molecule has 1 saturated carbocycles. The summed E-state index contributed by atoms with van der Waals surface area (Å²) >= 11 is 0. The fourth-order valence-corrected chi connectivity index (χ4v) is 4.24. The molecule has 0 aromatic heterocycles. The van der Waals surface area contributed by atoms with Gasteiger partial charge in [-0.15, -0.1) is 0 Å². The molecule has 148 valence electrons. The molecular weight excluding hydrogens is 344 g/mol. The van der Waals surface area contributed by atoms with Gasteiger partial charge in [0.15, 0.2) is 0 Å². The van der Waals surface area contributed by atoms with Crippen LogP contribution in [-0.4, -0.2) is 63.0 Å². The minimum atomic E-state index is -0.122. The van der Waals surface area contributed by atoms with Crippen molar-refractivity contribution in [3.05, 3.63) is 29.8 Å². The minimum Gasteiger partial charge on any atom is -0.497 e. The van der Waals surface area contributed by atoms with Crippen molar-refractivity contribution in [2.24, 2.45) is 5.92 Å². The number of morpholine rings is 1. The molecule has 2 aliphatic heterocycles. The predicted octanol–water partition coefficient (Wildman–Crippen LogP) is 2.14. The normalized spacial score (nSPS) is 23.7. The second-order valence-electron chi connectivity index (χ2n) is 8.01. The molecule has 1 N–H and O–H groups in total. The summed E-state index contributed by atoms with van der Waals surface area (Å²) in [5.41, 5.74) is 1.04. The summed E-state index contributed by atoms with van der Waals surface area (Å²) in [4.78, 5) is 15.0. The second kappa shape index (κ2) is 8.17. The Morgan fingerprint density at radius 3 is 2.67 bits per heavy atom. The van der Waals surface area contributed by atoms with Crippen LogP contribution in [0.25, 0.3) is 0 Å². The van der Waals surface area contributed by atoms with Crippen LogP contribution in [0.2, 0.25) is 0 Å². The van der Waals surface area contributed by atoms with Gasteiger partial charge < -0.3 is 19.5 Å². The molecule has 2 heterocycles. The molecule has 1 aromatic carbocycles. The summed E-state index contributed by atoms with van der Waals surface area (Å²) < 4.78 is 16.8. The molecule has 0 radical (unpaired) electrons. The monoisotopic (exact) mass is 374 g/mol. The Bertz CT molecular complexity index is 633. The molecule has 3 fully saturated rings. The Kier molecular flexibility index (Phi) is 5.66. The lowest BCUT2D eigenvalue weighted by atomic mass is 9.92. The topological polar surface area (TPSA) is 60.0 Å². The number of methoxy groups -OCH3 is 1. The second-order valence-corrected chi connectivity index (χ2v) is 8.01. The molecule has 4 rings (SSSR count). The van der Waals surface area contributed by atoms with Crippen LogP contribution in [-0.2, 0) is 14.3 Å². The van der Waals surface area contributed by atoms with E-state index in [2.05, 4.69) is 22.3 Å². The molecule has 2 saturated heterocycles. The first-order valence-corrected chi connectivity index (χ1v) is 10.0. The van der Waals surface area contributed by atoms with E-state index < -0.39 is 0 Å². The summed E-state index contributed by atoms with van der Waals surface area (Å²) in [6.07, 6.45) is 4.19. The van der Waals surface area contributed by atoms with Crippen molar-refractivity contribution in [2.75, 3.05) is 46.6 Å². The Hall–Kier alpha value is -1.63. The number of benzene rings is 1. The van der Waals surface area contributed by atoms with Crippen LogP contribution in [0.5, 0.6) is 5.75 Å². The molecule has 0 bridgehead atoms. The fraction of sp³-hybridized carbons (Fsp3) is 0.667. The maximum atomic E-state index is 12.8. The SMILES string of the molecule is COc1ccc(C(NC(=O)CN2CCOC3(CCOCC3)C2)C2CC2)cc1. The third kappa shape index (κ3) is 4.62. The van der Waals surface area contributed by atoms with Crippen molar-refractivity contribution < 1.29 is 19.0 Å². The summed E-state index contributed by atoms with van der Waals surface area (Å²) in [6, 6.07) is 8.16. The Morgan fingerprint density at radius 1 is 1.26 bits per heavy atom. The summed E-state index contributed by atoms with van der Waals surface area (Å²) in [5.74, 6) is 1.50. The maximum Gasteiger partial charge on any atom is 0.234 e. The van der Waals surface area contributed by atoms with Gasteiger partial charge in [0, 0.05) is 39.1 Å². The number of ether oxygens (including phenoxy) is 3. The number of carbonyl (C=O) groups is 1. The molecule has 6 nitrogen and oxygen atoms in total. The van der Waals surface area contributed by atoms with Crippen LogP contribution in [0.4, 0.5) is 0 Å². The Morgan fingerprint density at radius 2 is 2.00 bits per heavy atom. The quantitative estimate of drug-likeness (QED) is 0.827.